The van der Waals surface area contributed by atoms with Gasteiger partial charge in [0.15, 0.2) is 11.5 Å². The number of methoxy groups -OCH3 is 3. The molecule has 0 aliphatic carbocycles. The van der Waals surface area contributed by atoms with Crippen molar-refractivity contribution in [3.63, 3.8) is 0 Å². The second-order valence-corrected chi connectivity index (χ2v) is 7.68. The van der Waals surface area contributed by atoms with E-state index in [2.05, 4.69) is 5.32 Å². The molecule has 1 unspecified atom stereocenters. The minimum absolute atomic E-state index is 0.0685. The molecule has 0 aromatic heterocycles. The van der Waals surface area contributed by atoms with E-state index in [-0.39, 0.29) is 12.6 Å². The van der Waals surface area contributed by atoms with Gasteiger partial charge in [0.05, 0.1) is 27.9 Å². The van der Waals surface area contributed by atoms with Crippen LogP contribution >= 0.6 is 0 Å². The van der Waals surface area contributed by atoms with Crippen LogP contribution in [-0.2, 0) is 4.79 Å². The first-order valence-electron chi connectivity index (χ1n) is 11.3. The topological polar surface area (TPSA) is 95.5 Å². The van der Waals surface area contributed by atoms with Gasteiger partial charge in [-0.25, -0.2) is 0 Å². The Morgan fingerprint density at radius 3 is 2.00 bits per heavy atom. The summed E-state index contributed by atoms with van der Waals surface area (Å²) in [5.74, 6) is 3.01. The quantitative estimate of drug-likeness (QED) is 0.308. The molecule has 0 radical (unpaired) electrons. The molecular weight excluding hydrogens is 450 g/mol. The van der Waals surface area contributed by atoms with Gasteiger partial charge in [-0.3, -0.25) is 4.79 Å². The van der Waals surface area contributed by atoms with Gasteiger partial charge in [0.1, 0.15) is 29.1 Å². The largest absolute Gasteiger partial charge is 0.497 e. The summed E-state index contributed by atoms with van der Waals surface area (Å²) in [5.41, 5.74) is 0.988. The average molecular weight is 482 g/mol. The normalized spacial score (nSPS) is 11.4. The summed E-state index contributed by atoms with van der Waals surface area (Å²) in [7, 11) is 4.82. The zero-order chi connectivity index (χ0) is 25.0. The van der Waals surface area contributed by atoms with Gasteiger partial charge in [0.25, 0.3) is 0 Å². The predicted octanol–water partition coefficient (Wildman–Crippen LogP) is 5.08. The molecule has 0 bridgehead atoms. The van der Waals surface area contributed by atoms with Crippen molar-refractivity contribution in [1.82, 2.24) is 5.32 Å². The Morgan fingerprint density at radius 1 is 0.800 bits per heavy atom. The fourth-order valence-electron chi connectivity index (χ4n) is 3.46. The molecule has 1 atom stereocenters. The lowest BCUT2D eigenvalue weighted by atomic mass is 10.0. The lowest BCUT2D eigenvalue weighted by Crippen LogP contribution is -2.24. The first-order valence-corrected chi connectivity index (χ1v) is 11.3. The van der Waals surface area contributed by atoms with Crippen LogP contribution in [0, 0.1) is 0 Å². The number of carboxylic acid groups (broad SMARTS) is 1. The van der Waals surface area contributed by atoms with Crippen molar-refractivity contribution in [3.05, 3.63) is 72.3 Å². The summed E-state index contributed by atoms with van der Waals surface area (Å²) in [4.78, 5) is 10.7. The summed E-state index contributed by atoms with van der Waals surface area (Å²) >= 11 is 0. The minimum atomic E-state index is -0.878. The smallest absolute Gasteiger partial charge is 0.317 e. The molecule has 8 nitrogen and oxygen atoms in total. The van der Waals surface area contributed by atoms with Gasteiger partial charge in [0, 0.05) is 6.07 Å². The van der Waals surface area contributed by atoms with Crippen LogP contribution in [0.3, 0.4) is 0 Å². The second kappa shape index (κ2) is 13.1. The van der Waals surface area contributed by atoms with Crippen LogP contribution in [-0.4, -0.2) is 45.5 Å². The number of carboxylic acids is 1. The number of aliphatic carboxylic acids is 1. The Morgan fingerprint density at radius 2 is 1.40 bits per heavy atom. The van der Waals surface area contributed by atoms with Crippen LogP contribution in [0.5, 0.6) is 34.5 Å². The molecule has 0 aliphatic rings. The molecule has 0 saturated heterocycles. The molecule has 0 heterocycles. The van der Waals surface area contributed by atoms with Crippen LogP contribution in [0.15, 0.2) is 66.7 Å². The summed E-state index contributed by atoms with van der Waals surface area (Å²) in [5, 5.41) is 11.7. The van der Waals surface area contributed by atoms with Crippen molar-refractivity contribution in [1.29, 1.82) is 0 Å². The zero-order valence-corrected chi connectivity index (χ0v) is 20.2. The number of benzene rings is 3. The van der Waals surface area contributed by atoms with E-state index in [4.69, 9.17) is 28.8 Å². The van der Waals surface area contributed by atoms with Crippen LogP contribution < -0.4 is 29.0 Å². The molecule has 0 aliphatic heterocycles. The maximum Gasteiger partial charge on any atom is 0.317 e. The number of hydrogen-bond acceptors (Lipinski definition) is 7. The molecule has 3 aromatic rings. The van der Waals surface area contributed by atoms with E-state index in [0.29, 0.717) is 36.0 Å². The lowest BCUT2D eigenvalue weighted by Gasteiger charge is -2.21. The van der Waals surface area contributed by atoms with Crippen molar-refractivity contribution in [2.45, 2.75) is 18.9 Å². The Balaban J connectivity index is 1.73. The van der Waals surface area contributed by atoms with E-state index < -0.39 is 5.97 Å². The predicted molar refractivity (Wildman–Crippen MR) is 132 cm³/mol. The van der Waals surface area contributed by atoms with E-state index >= 15 is 0 Å². The van der Waals surface area contributed by atoms with Crippen molar-refractivity contribution in [2.75, 3.05) is 34.4 Å². The fraction of sp³-hybridized carbons (Fsp3) is 0.296. The maximum absolute atomic E-state index is 10.7. The standard InChI is InChI=1S/C27H31NO7/c1-31-20-8-6-19(7-9-20)24(5-4-16-28-18-27(29)30)35-23-14-15-25(26(17-23)33-3)34-22-12-10-21(32-2)11-13-22/h6-15,17,24,28H,4-5,16,18H2,1-3H3,(H,29,30). The molecule has 35 heavy (non-hydrogen) atoms. The number of ether oxygens (including phenoxy) is 5. The number of rotatable bonds is 14. The van der Waals surface area contributed by atoms with Crippen LogP contribution in [0.2, 0.25) is 0 Å². The third kappa shape index (κ3) is 7.82. The highest BCUT2D eigenvalue weighted by Gasteiger charge is 2.16. The molecule has 8 heteroatoms. The van der Waals surface area contributed by atoms with Gasteiger partial charge in [0.2, 0.25) is 0 Å². The summed E-state index contributed by atoms with van der Waals surface area (Å²) in [6.07, 6.45) is 1.18. The Labute approximate surface area is 205 Å². The van der Waals surface area contributed by atoms with Crippen LogP contribution in [0.4, 0.5) is 0 Å². The SMILES string of the molecule is COc1ccc(Oc2ccc(OC(CCCNCC(=O)O)c3ccc(OC)cc3)cc2OC)cc1. The van der Waals surface area contributed by atoms with Crippen molar-refractivity contribution in [2.24, 2.45) is 0 Å². The highest BCUT2D eigenvalue weighted by molar-refractivity contribution is 5.68. The first kappa shape index (κ1) is 25.7. The minimum Gasteiger partial charge on any atom is -0.497 e. The molecule has 3 rings (SSSR count). The molecule has 0 saturated carbocycles. The molecule has 2 N–H and O–H groups in total. The second-order valence-electron chi connectivity index (χ2n) is 7.68. The van der Waals surface area contributed by atoms with Gasteiger partial charge in [-0.1, -0.05) is 12.1 Å². The van der Waals surface area contributed by atoms with Crippen molar-refractivity contribution in [3.8, 4) is 34.5 Å². The van der Waals surface area contributed by atoms with Gasteiger partial charge in [-0.15, -0.1) is 0 Å². The van der Waals surface area contributed by atoms with E-state index in [1.807, 2.05) is 54.6 Å². The lowest BCUT2D eigenvalue weighted by molar-refractivity contribution is -0.135. The molecule has 0 fully saturated rings. The molecule has 3 aromatic carbocycles. The Kier molecular flexibility index (Phi) is 9.62. The van der Waals surface area contributed by atoms with Crippen molar-refractivity contribution >= 4 is 5.97 Å². The van der Waals surface area contributed by atoms with Gasteiger partial charge in [-0.2, -0.15) is 0 Å². The van der Waals surface area contributed by atoms with Crippen molar-refractivity contribution < 1.29 is 33.6 Å². The van der Waals surface area contributed by atoms with Gasteiger partial charge >= 0.3 is 5.97 Å². The van der Waals surface area contributed by atoms with E-state index in [0.717, 1.165) is 23.5 Å². The first-order chi connectivity index (χ1) is 17.0. The van der Waals surface area contributed by atoms with E-state index in [1.54, 1.807) is 33.5 Å². The van der Waals surface area contributed by atoms with E-state index in [9.17, 15) is 4.79 Å². The zero-order valence-electron chi connectivity index (χ0n) is 20.2. The molecular formula is C27H31NO7. The van der Waals surface area contributed by atoms with E-state index in [1.165, 1.54) is 0 Å². The monoisotopic (exact) mass is 481 g/mol. The average Bonchev–Trinajstić information content (AvgIpc) is 2.89. The van der Waals surface area contributed by atoms with Crippen LogP contribution in [0.25, 0.3) is 0 Å². The Bertz CT molecular complexity index is 1070. The Hall–Kier alpha value is -3.91. The number of carbonyl (C=O) groups is 1. The number of hydrogen-bond donors (Lipinski definition) is 2. The highest BCUT2D eigenvalue weighted by atomic mass is 16.5. The molecule has 0 amide bonds. The fourth-order valence-corrected chi connectivity index (χ4v) is 3.46. The maximum atomic E-state index is 10.7. The molecule has 186 valence electrons. The third-order valence-electron chi connectivity index (χ3n) is 5.28. The van der Waals surface area contributed by atoms with Gasteiger partial charge < -0.3 is 34.1 Å². The van der Waals surface area contributed by atoms with Gasteiger partial charge in [-0.05, 0) is 73.5 Å². The highest BCUT2D eigenvalue weighted by Crippen LogP contribution is 2.37. The third-order valence-corrected chi connectivity index (χ3v) is 5.28. The summed E-state index contributed by atoms with van der Waals surface area (Å²) < 4.78 is 28.3. The molecule has 0 spiro atoms. The summed E-state index contributed by atoms with van der Waals surface area (Å²) in [6.45, 7) is 0.501. The van der Waals surface area contributed by atoms with Crippen LogP contribution in [0.1, 0.15) is 24.5 Å². The summed E-state index contributed by atoms with van der Waals surface area (Å²) in [6, 6.07) is 20.4. The number of nitrogens with one attached hydrogen (secondary N) is 1.